The van der Waals surface area contributed by atoms with Crippen molar-refractivity contribution in [3.63, 3.8) is 0 Å². The Bertz CT molecular complexity index is 1290. The Hall–Kier alpha value is -3.62. The van der Waals surface area contributed by atoms with Gasteiger partial charge < -0.3 is 19.3 Å². The number of hydrogen-bond acceptors (Lipinski definition) is 7. The predicted molar refractivity (Wildman–Crippen MR) is 134 cm³/mol. The fourth-order valence-electron chi connectivity index (χ4n) is 4.81. The highest BCUT2D eigenvalue weighted by molar-refractivity contribution is 5.92. The second-order valence-electron chi connectivity index (χ2n) is 9.24. The highest BCUT2D eigenvalue weighted by Gasteiger charge is 2.26. The molecule has 1 atom stereocenters. The lowest BCUT2D eigenvalue weighted by Gasteiger charge is -2.34. The fraction of sp³-hybridized carbons (Fsp3) is 0.458. The first-order valence-corrected chi connectivity index (χ1v) is 11.7. The molecule has 0 radical (unpaired) electrons. The summed E-state index contributed by atoms with van der Waals surface area (Å²) in [6.07, 6.45) is 2.45. The average molecular weight is 460 g/mol. The molecule has 34 heavy (non-hydrogen) atoms. The number of piperazine rings is 1. The van der Waals surface area contributed by atoms with Crippen molar-refractivity contribution in [2.24, 2.45) is 18.1 Å². The van der Waals surface area contributed by atoms with Crippen LogP contribution >= 0.6 is 0 Å². The van der Waals surface area contributed by atoms with Crippen LogP contribution < -0.4 is 15.4 Å². The van der Waals surface area contributed by atoms with E-state index in [1.54, 1.807) is 13.4 Å². The van der Waals surface area contributed by atoms with E-state index in [1.807, 2.05) is 6.07 Å². The number of fused-ring (bicyclic) bond motifs is 1. The third kappa shape index (κ3) is 4.30. The highest BCUT2D eigenvalue weighted by atomic mass is 16.1. The number of rotatable bonds is 5. The SMILES string of the molecule is CN1CCN(c2ccc(-c3cc4ncn(C)c(=O)c4c(N4CC[C@H](CN=[N+]=[N-])C4)n3)cc2)CC1. The molecule has 2 saturated heterocycles. The molecular formula is C24H29N9O. The van der Waals surface area contributed by atoms with E-state index in [0.717, 1.165) is 50.4 Å². The summed E-state index contributed by atoms with van der Waals surface area (Å²) in [6.45, 7) is 6.08. The lowest BCUT2D eigenvalue weighted by Crippen LogP contribution is -2.44. The standard InChI is InChI=1S/C24H29N9O/c1-30-9-11-32(12-10-30)19-5-3-18(4-6-19)20-13-21-22(24(34)31(2)16-26-21)23(28-20)33-8-7-17(15-33)14-27-29-25/h3-6,13,16-17H,7-12,14-15H2,1-2H3/t17-/m1/s1. The summed E-state index contributed by atoms with van der Waals surface area (Å²) < 4.78 is 1.49. The van der Waals surface area contributed by atoms with Crippen LogP contribution in [0.4, 0.5) is 11.5 Å². The van der Waals surface area contributed by atoms with Gasteiger partial charge >= 0.3 is 0 Å². The number of anilines is 2. The number of pyridine rings is 1. The molecule has 10 nitrogen and oxygen atoms in total. The van der Waals surface area contributed by atoms with Crippen LogP contribution in [0.25, 0.3) is 32.6 Å². The second-order valence-corrected chi connectivity index (χ2v) is 9.24. The largest absolute Gasteiger partial charge is 0.369 e. The minimum atomic E-state index is -0.108. The molecule has 0 amide bonds. The van der Waals surface area contributed by atoms with E-state index in [0.29, 0.717) is 29.8 Å². The number of hydrogen-bond donors (Lipinski definition) is 0. The zero-order valence-corrected chi connectivity index (χ0v) is 19.6. The van der Waals surface area contributed by atoms with Gasteiger partial charge in [0.1, 0.15) is 11.2 Å². The molecular weight excluding hydrogens is 430 g/mol. The van der Waals surface area contributed by atoms with E-state index in [4.69, 9.17) is 10.5 Å². The van der Waals surface area contributed by atoms with Gasteiger partial charge in [-0.05, 0) is 43.1 Å². The summed E-state index contributed by atoms with van der Waals surface area (Å²) in [5, 5.41) is 4.28. The molecule has 0 spiro atoms. The van der Waals surface area contributed by atoms with Crippen molar-refractivity contribution < 1.29 is 0 Å². The van der Waals surface area contributed by atoms with Gasteiger partial charge in [-0.25, -0.2) is 9.97 Å². The number of aromatic nitrogens is 3. The Labute approximate surface area is 198 Å². The molecule has 2 fully saturated rings. The molecule has 0 saturated carbocycles. The van der Waals surface area contributed by atoms with E-state index >= 15 is 0 Å². The minimum Gasteiger partial charge on any atom is -0.369 e. The van der Waals surface area contributed by atoms with Crippen molar-refractivity contribution in [1.29, 1.82) is 0 Å². The third-order valence-corrected chi connectivity index (χ3v) is 6.90. The Balaban J connectivity index is 1.51. The first kappa shape index (κ1) is 22.2. The van der Waals surface area contributed by atoms with Crippen LogP contribution in [-0.2, 0) is 7.05 Å². The van der Waals surface area contributed by atoms with Gasteiger partial charge in [0, 0.05) is 69.0 Å². The van der Waals surface area contributed by atoms with Crippen molar-refractivity contribution >= 4 is 22.4 Å². The van der Waals surface area contributed by atoms with Gasteiger partial charge in [0.2, 0.25) is 0 Å². The summed E-state index contributed by atoms with van der Waals surface area (Å²) in [7, 11) is 3.86. The summed E-state index contributed by atoms with van der Waals surface area (Å²) in [5.74, 6) is 0.910. The fourth-order valence-corrected chi connectivity index (χ4v) is 4.81. The highest BCUT2D eigenvalue weighted by Crippen LogP contribution is 2.31. The van der Waals surface area contributed by atoms with Gasteiger partial charge in [-0.1, -0.05) is 17.2 Å². The van der Waals surface area contributed by atoms with Gasteiger partial charge in [0.25, 0.3) is 5.56 Å². The number of benzene rings is 1. The summed E-state index contributed by atoms with van der Waals surface area (Å²) in [5.41, 5.74) is 12.2. The Morgan fingerprint density at radius 2 is 1.85 bits per heavy atom. The van der Waals surface area contributed by atoms with E-state index in [1.165, 1.54) is 10.3 Å². The molecule has 2 aliphatic rings. The maximum Gasteiger partial charge on any atom is 0.264 e. The number of nitrogens with zero attached hydrogens (tertiary/aromatic N) is 9. The van der Waals surface area contributed by atoms with E-state index in [2.05, 4.69) is 61.0 Å². The normalized spacial score (nSPS) is 18.9. The van der Waals surface area contributed by atoms with Crippen LogP contribution in [-0.4, -0.2) is 72.3 Å². The van der Waals surface area contributed by atoms with Crippen molar-refractivity contribution in [2.45, 2.75) is 6.42 Å². The summed E-state index contributed by atoms with van der Waals surface area (Å²) >= 11 is 0. The Morgan fingerprint density at radius 1 is 1.09 bits per heavy atom. The lowest BCUT2D eigenvalue weighted by molar-refractivity contribution is 0.313. The second kappa shape index (κ2) is 9.32. The first-order chi connectivity index (χ1) is 16.5. The smallest absolute Gasteiger partial charge is 0.264 e. The number of aryl methyl sites for hydroxylation is 1. The van der Waals surface area contributed by atoms with Crippen molar-refractivity contribution in [3.8, 4) is 11.3 Å². The van der Waals surface area contributed by atoms with E-state index in [-0.39, 0.29) is 11.5 Å². The van der Waals surface area contributed by atoms with Crippen LogP contribution in [0.15, 0.2) is 46.6 Å². The number of azide groups is 1. The molecule has 0 N–H and O–H groups in total. The number of likely N-dealkylation sites (N-methyl/N-ethyl adjacent to an activating group) is 1. The van der Waals surface area contributed by atoms with Gasteiger partial charge in [0.05, 0.1) is 17.5 Å². The van der Waals surface area contributed by atoms with Crippen LogP contribution in [0.5, 0.6) is 0 Å². The topological polar surface area (TPSA) is 106 Å². The molecule has 2 aromatic heterocycles. The molecule has 5 rings (SSSR count). The molecule has 2 aliphatic heterocycles. The monoisotopic (exact) mass is 459 g/mol. The summed E-state index contributed by atoms with van der Waals surface area (Å²) in [6, 6.07) is 10.4. The molecule has 3 aromatic rings. The third-order valence-electron chi connectivity index (χ3n) is 6.90. The lowest BCUT2D eigenvalue weighted by atomic mass is 10.1. The van der Waals surface area contributed by atoms with Crippen LogP contribution in [0.1, 0.15) is 6.42 Å². The predicted octanol–water partition coefficient (Wildman–Crippen LogP) is 2.88. The van der Waals surface area contributed by atoms with Crippen LogP contribution in [0.3, 0.4) is 0 Å². The molecule has 10 heteroatoms. The summed E-state index contributed by atoms with van der Waals surface area (Å²) in [4.78, 5) is 32.3. The first-order valence-electron chi connectivity index (χ1n) is 11.7. The van der Waals surface area contributed by atoms with Crippen LogP contribution in [0.2, 0.25) is 0 Å². The molecule has 0 unspecified atom stereocenters. The van der Waals surface area contributed by atoms with Gasteiger partial charge in [-0.2, -0.15) is 0 Å². The van der Waals surface area contributed by atoms with Crippen molar-refractivity contribution in [3.05, 3.63) is 57.5 Å². The molecule has 4 heterocycles. The molecule has 0 aliphatic carbocycles. The van der Waals surface area contributed by atoms with E-state index in [9.17, 15) is 4.79 Å². The molecule has 176 valence electrons. The van der Waals surface area contributed by atoms with Gasteiger partial charge in [0.15, 0.2) is 0 Å². The van der Waals surface area contributed by atoms with Crippen LogP contribution in [0, 0.1) is 5.92 Å². The van der Waals surface area contributed by atoms with Crippen molar-refractivity contribution in [1.82, 2.24) is 19.4 Å². The minimum absolute atomic E-state index is 0.108. The van der Waals surface area contributed by atoms with E-state index < -0.39 is 0 Å². The zero-order valence-electron chi connectivity index (χ0n) is 19.6. The Kier molecular flexibility index (Phi) is 6.08. The zero-order chi connectivity index (χ0) is 23.7. The van der Waals surface area contributed by atoms with Crippen molar-refractivity contribution in [2.75, 3.05) is 62.7 Å². The van der Waals surface area contributed by atoms with Gasteiger partial charge in [-0.15, -0.1) is 0 Å². The molecule has 1 aromatic carbocycles. The van der Waals surface area contributed by atoms with Gasteiger partial charge in [-0.3, -0.25) is 4.79 Å². The quantitative estimate of drug-likeness (QED) is 0.330. The average Bonchev–Trinajstić information content (AvgIpc) is 3.34. The maximum absolute atomic E-state index is 13.0. The Morgan fingerprint density at radius 3 is 2.59 bits per heavy atom. The maximum atomic E-state index is 13.0. The molecule has 0 bridgehead atoms.